The van der Waals surface area contributed by atoms with Gasteiger partial charge in [0.1, 0.15) is 6.10 Å². The number of nitrogens with two attached hydrogens (primary N) is 2. The van der Waals surface area contributed by atoms with Gasteiger partial charge in [-0.1, -0.05) is 0 Å². The van der Waals surface area contributed by atoms with Crippen LogP contribution < -0.4 is 16.2 Å². The molecule has 0 aromatic carbocycles. The average molecular weight is 350 g/mol. The fraction of sp³-hybridized carbons (Fsp3) is 0.700. The SMILES string of the molecule is NC(=O)[C@@]1(C(F)(F)F)CCC[NH2+]1.O.O=C([O-])[C@@H](O)[C@H](O)C(=O)O. The Bertz CT molecular complexity index is 418. The van der Waals surface area contributed by atoms with Crippen LogP contribution in [0.4, 0.5) is 13.2 Å². The maximum atomic E-state index is 12.3. The van der Waals surface area contributed by atoms with Crippen molar-refractivity contribution in [2.24, 2.45) is 5.73 Å². The number of aliphatic carboxylic acids is 2. The van der Waals surface area contributed by atoms with Crippen LogP contribution in [0.25, 0.3) is 0 Å². The van der Waals surface area contributed by atoms with E-state index in [1.54, 1.807) is 0 Å². The summed E-state index contributed by atoms with van der Waals surface area (Å²) in [5.41, 5.74) is 2.37. The molecule has 10 nitrogen and oxygen atoms in total. The minimum Gasteiger partial charge on any atom is -0.547 e. The van der Waals surface area contributed by atoms with Crippen LogP contribution in [-0.4, -0.2) is 69.1 Å². The number of hydrogen-bond donors (Lipinski definition) is 5. The van der Waals surface area contributed by atoms with E-state index in [0.29, 0.717) is 13.0 Å². The zero-order chi connectivity index (χ0) is 17.7. The summed E-state index contributed by atoms with van der Waals surface area (Å²) in [4.78, 5) is 30.0. The second kappa shape index (κ2) is 8.61. The van der Waals surface area contributed by atoms with Crippen LogP contribution in [-0.2, 0) is 14.4 Å². The Balaban J connectivity index is 0. The van der Waals surface area contributed by atoms with Gasteiger partial charge in [-0.05, 0) is 0 Å². The molecule has 0 unspecified atom stereocenters. The molecule has 23 heavy (non-hydrogen) atoms. The summed E-state index contributed by atoms with van der Waals surface area (Å²) in [6.07, 6.45) is -9.06. The van der Waals surface area contributed by atoms with Gasteiger partial charge in [0.25, 0.3) is 11.4 Å². The van der Waals surface area contributed by atoms with Crippen molar-refractivity contribution >= 4 is 17.8 Å². The third-order valence-electron chi connectivity index (χ3n) is 3.01. The number of carboxylic acids is 2. The Morgan fingerprint density at radius 2 is 1.70 bits per heavy atom. The third-order valence-corrected chi connectivity index (χ3v) is 3.01. The largest absolute Gasteiger partial charge is 0.547 e. The summed E-state index contributed by atoms with van der Waals surface area (Å²) in [6, 6.07) is 0. The van der Waals surface area contributed by atoms with Crippen molar-refractivity contribution < 1.29 is 58.8 Å². The number of hydrogen-bond acceptors (Lipinski definition) is 6. The van der Waals surface area contributed by atoms with Gasteiger partial charge in [0.2, 0.25) is 0 Å². The zero-order valence-corrected chi connectivity index (χ0v) is 11.5. The maximum absolute atomic E-state index is 12.3. The normalized spacial score (nSPS) is 22.8. The molecule has 3 atom stereocenters. The molecule has 1 amide bonds. The molecule has 1 rings (SSSR count). The molecule has 136 valence electrons. The molecule has 1 aliphatic heterocycles. The van der Waals surface area contributed by atoms with Crippen molar-refractivity contribution in [3.8, 4) is 0 Å². The van der Waals surface area contributed by atoms with E-state index in [0.717, 1.165) is 5.32 Å². The van der Waals surface area contributed by atoms with Crippen LogP contribution in [0.3, 0.4) is 0 Å². The Morgan fingerprint density at radius 1 is 1.22 bits per heavy atom. The van der Waals surface area contributed by atoms with Gasteiger partial charge in [-0.3, -0.25) is 4.79 Å². The smallest absolute Gasteiger partial charge is 0.454 e. The summed E-state index contributed by atoms with van der Waals surface area (Å²) in [6.45, 7) is 0.308. The summed E-state index contributed by atoms with van der Waals surface area (Å²) >= 11 is 0. The number of alkyl halides is 3. The molecular weight excluding hydrogens is 333 g/mol. The fourth-order valence-electron chi connectivity index (χ4n) is 1.72. The lowest BCUT2D eigenvalue weighted by Gasteiger charge is -2.24. The Kier molecular flexibility index (Phi) is 8.73. The van der Waals surface area contributed by atoms with Crippen molar-refractivity contribution in [3.63, 3.8) is 0 Å². The predicted octanol–water partition coefficient (Wildman–Crippen LogP) is -5.15. The first-order chi connectivity index (χ1) is 9.86. The molecule has 9 N–H and O–H groups in total. The van der Waals surface area contributed by atoms with Crippen molar-refractivity contribution in [2.75, 3.05) is 6.54 Å². The quantitative estimate of drug-likeness (QED) is 0.332. The van der Waals surface area contributed by atoms with Gasteiger partial charge in [-0.15, -0.1) is 0 Å². The van der Waals surface area contributed by atoms with Crippen molar-refractivity contribution in [3.05, 3.63) is 0 Å². The van der Waals surface area contributed by atoms with E-state index in [1.807, 2.05) is 0 Å². The highest BCUT2D eigenvalue weighted by molar-refractivity contribution is 5.84. The number of aliphatic hydroxyl groups excluding tert-OH is 2. The topological polar surface area (TPSA) is 209 Å². The van der Waals surface area contributed by atoms with Crippen LogP contribution >= 0.6 is 0 Å². The lowest BCUT2D eigenvalue weighted by atomic mass is 9.96. The van der Waals surface area contributed by atoms with Gasteiger partial charge < -0.3 is 41.7 Å². The highest BCUT2D eigenvalue weighted by Gasteiger charge is 2.64. The van der Waals surface area contributed by atoms with Crippen molar-refractivity contribution in [1.82, 2.24) is 0 Å². The molecule has 0 aromatic rings. The number of aliphatic hydroxyl groups is 2. The molecule has 1 saturated heterocycles. The first-order valence-electron chi connectivity index (χ1n) is 5.87. The number of carbonyl (C=O) groups excluding carboxylic acids is 2. The summed E-state index contributed by atoms with van der Waals surface area (Å²) in [7, 11) is 0. The lowest BCUT2D eigenvalue weighted by molar-refractivity contribution is -0.718. The molecule has 1 heterocycles. The third kappa shape index (κ3) is 5.63. The number of amides is 1. The number of halogens is 3. The maximum Gasteiger partial charge on any atom is 0.454 e. The van der Waals surface area contributed by atoms with E-state index in [4.69, 9.17) is 21.1 Å². The van der Waals surface area contributed by atoms with Gasteiger partial charge in [0, 0.05) is 12.8 Å². The molecule has 1 fully saturated rings. The minimum atomic E-state index is -4.53. The Labute approximate surface area is 127 Å². The van der Waals surface area contributed by atoms with Crippen LogP contribution in [0.15, 0.2) is 0 Å². The Hall–Kier alpha value is -1.96. The number of primary amides is 1. The van der Waals surface area contributed by atoms with E-state index >= 15 is 0 Å². The highest BCUT2D eigenvalue weighted by Crippen LogP contribution is 2.32. The highest BCUT2D eigenvalue weighted by atomic mass is 19.4. The average Bonchev–Trinajstić information content (AvgIpc) is 2.87. The van der Waals surface area contributed by atoms with Gasteiger partial charge >= 0.3 is 12.1 Å². The number of carbonyl (C=O) groups is 3. The fourth-order valence-corrected chi connectivity index (χ4v) is 1.72. The van der Waals surface area contributed by atoms with Crippen molar-refractivity contribution in [1.29, 1.82) is 0 Å². The summed E-state index contributed by atoms with van der Waals surface area (Å²) in [5, 5.41) is 35.1. The molecule has 0 spiro atoms. The summed E-state index contributed by atoms with van der Waals surface area (Å²) < 4.78 is 37.0. The van der Waals surface area contributed by atoms with Crippen LogP contribution in [0.5, 0.6) is 0 Å². The first kappa shape index (κ1) is 23.3. The number of carboxylic acid groups (broad SMARTS) is 2. The van der Waals surface area contributed by atoms with E-state index in [1.165, 1.54) is 0 Å². The van der Waals surface area contributed by atoms with Crippen LogP contribution in [0, 0.1) is 0 Å². The monoisotopic (exact) mass is 350 g/mol. The van der Waals surface area contributed by atoms with Crippen molar-refractivity contribution in [2.45, 2.75) is 36.8 Å². The number of quaternary nitrogens is 1. The number of rotatable bonds is 4. The van der Waals surface area contributed by atoms with Crippen LogP contribution in [0.1, 0.15) is 12.8 Å². The van der Waals surface area contributed by atoms with Gasteiger partial charge in [0.05, 0.1) is 12.5 Å². The molecule has 0 bridgehead atoms. The summed E-state index contributed by atoms with van der Waals surface area (Å²) in [5.74, 6) is -5.11. The molecule has 0 aromatic heterocycles. The second-order valence-corrected chi connectivity index (χ2v) is 4.48. The van der Waals surface area contributed by atoms with E-state index in [2.05, 4.69) is 0 Å². The molecule has 0 saturated carbocycles. The molecule has 0 radical (unpaired) electrons. The van der Waals surface area contributed by atoms with Crippen LogP contribution in [0.2, 0.25) is 0 Å². The molecule has 0 aliphatic carbocycles. The Morgan fingerprint density at radius 3 is 1.83 bits per heavy atom. The van der Waals surface area contributed by atoms with Gasteiger partial charge in [-0.25, -0.2) is 4.79 Å². The predicted molar refractivity (Wildman–Crippen MR) is 62.3 cm³/mol. The molecular formula is C10H17F3N2O8. The lowest BCUT2D eigenvalue weighted by Crippen LogP contribution is -3.00. The zero-order valence-electron chi connectivity index (χ0n) is 11.5. The molecule has 1 aliphatic rings. The first-order valence-corrected chi connectivity index (χ1v) is 5.87. The standard InChI is InChI=1S/C6H9F3N2O.C4H6O6.H2O/c7-6(8,9)5(4(10)12)2-1-3-11-5;5-1(3(7)8)2(6)4(9)10;/h11H,1-3H2,(H2,10,12);1-2,5-6H,(H,7,8)(H,9,10);1H2/t5-;1-,2-;/m10./s1. The second-order valence-electron chi connectivity index (χ2n) is 4.48. The van der Waals surface area contributed by atoms with E-state index < -0.39 is 41.8 Å². The van der Waals surface area contributed by atoms with Gasteiger partial charge in [-0.2, -0.15) is 13.2 Å². The minimum absolute atomic E-state index is 0. The molecule has 13 heteroatoms. The van der Waals surface area contributed by atoms with E-state index in [-0.39, 0.29) is 11.9 Å². The van der Waals surface area contributed by atoms with E-state index in [9.17, 15) is 32.7 Å². The van der Waals surface area contributed by atoms with Gasteiger partial charge in [0.15, 0.2) is 6.10 Å².